The molecule has 6 heteroatoms. The molecule has 0 aromatic heterocycles. The predicted octanol–water partition coefficient (Wildman–Crippen LogP) is 4.10. The second kappa shape index (κ2) is 6.83. The van der Waals surface area contributed by atoms with Crippen molar-refractivity contribution in [2.45, 2.75) is 11.8 Å². The second-order valence-electron chi connectivity index (χ2n) is 4.48. The van der Waals surface area contributed by atoms with Gasteiger partial charge in [-0.2, -0.15) is 0 Å². The Morgan fingerprint density at radius 3 is 2.81 bits per heavy atom. The number of benzene rings is 2. The molecule has 0 aliphatic rings. The van der Waals surface area contributed by atoms with Crippen LogP contribution in [0.2, 0.25) is 5.02 Å². The Morgan fingerprint density at radius 1 is 1.33 bits per heavy atom. The number of anilines is 2. The second-order valence-corrected chi connectivity index (χ2v) is 5.93. The number of nitrogen functional groups attached to an aromatic ring is 1. The maximum Gasteiger partial charge on any atom is 0.234 e. The molecule has 3 nitrogen and oxygen atoms in total. The summed E-state index contributed by atoms with van der Waals surface area (Å²) in [5.41, 5.74) is 7.63. The zero-order chi connectivity index (χ0) is 15.4. The fraction of sp³-hybridized carbons (Fsp3) is 0.133. The Morgan fingerprint density at radius 2 is 2.10 bits per heavy atom. The molecule has 21 heavy (non-hydrogen) atoms. The van der Waals surface area contributed by atoms with E-state index in [-0.39, 0.29) is 17.5 Å². The zero-order valence-electron chi connectivity index (χ0n) is 11.3. The van der Waals surface area contributed by atoms with Crippen molar-refractivity contribution in [3.8, 4) is 0 Å². The number of hydrogen-bond donors (Lipinski definition) is 2. The monoisotopic (exact) mass is 324 g/mol. The molecule has 110 valence electrons. The molecule has 2 aromatic rings. The number of nitrogens with two attached hydrogens (primary N) is 1. The molecule has 0 heterocycles. The molecule has 0 spiro atoms. The molecule has 2 aromatic carbocycles. The molecule has 0 saturated carbocycles. The molecule has 0 saturated heterocycles. The van der Waals surface area contributed by atoms with Gasteiger partial charge in [0.1, 0.15) is 5.82 Å². The number of carbonyl (C=O) groups excluding carboxylic acids is 1. The maximum absolute atomic E-state index is 13.2. The van der Waals surface area contributed by atoms with Gasteiger partial charge in [0, 0.05) is 21.3 Å². The lowest BCUT2D eigenvalue weighted by Crippen LogP contribution is -2.15. The smallest absolute Gasteiger partial charge is 0.234 e. The van der Waals surface area contributed by atoms with E-state index in [0.29, 0.717) is 16.4 Å². The van der Waals surface area contributed by atoms with Crippen molar-refractivity contribution in [1.82, 2.24) is 0 Å². The number of thioether (sulfide) groups is 1. The van der Waals surface area contributed by atoms with E-state index in [1.165, 1.54) is 23.9 Å². The molecular formula is C15H14ClFN2OS. The van der Waals surface area contributed by atoms with E-state index in [1.807, 2.05) is 0 Å². The van der Waals surface area contributed by atoms with E-state index in [0.717, 1.165) is 10.5 Å². The van der Waals surface area contributed by atoms with Crippen LogP contribution in [0.4, 0.5) is 15.8 Å². The Bertz CT molecular complexity index is 679. The Balaban J connectivity index is 1.97. The van der Waals surface area contributed by atoms with E-state index >= 15 is 0 Å². The van der Waals surface area contributed by atoms with Gasteiger partial charge in [-0.15, -0.1) is 11.8 Å². The summed E-state index contributed by atoms with van der Waals surface area (Å²) in [6.07, 6.45) is 0. The average molecular weight is 325 g/mol. The van der Waals surface area contributed by atoms with Crippen molar-refractivity contribution in [2.75, 3.05) is 16.8 Å². The fourth-order valence-corrected chi connectivity index (χ4v) is 2.64. The molecule has 1 amide bonds. The van der Waals surface area contributed by atoms with Gasteiger partial charge in [-0.3, -0.25) is 4.79 Å². The summed E-state index contributed by atoms with van der Waals surface area (Å²) in [6.45, 7) is 1.80. The lowest BCUT2D eigenvalue weighted by molar-refractivity contribution is -0.113. The van der Waals surface area contributed by atoms with Crippen LogP contribution in [0.15, 0.2) is 41.3 Å². The number of hydrogen-bond acceptors (Lipinski definition) is 3. The molecule has 0 bridgehead atoms. The molecule has 0 atom stereocenters. The van der Waals surface area contributed by atoms with Gasteiger partial charge in [-0.25, -0.2) is 4.39 Å². The van der Waals surface area contributed by atoms with Crippen LogP contribution in [-0.2, 0) is 4.79 Å². The van der Waals surface area contributed by atoms with E-state index < -0.39 is 0 Å². The number of rotatable bonds is 4. The first-order chi connectivity index (χ1) is 9.95. The summed E-state index contributed by atoms with van der Waals surface area (Å²) < 4.78 is 13.2. The van der Waals surface area contributed by atoms with Gasteiger partial charge in [0.2, 0.25) is 5.91 Å². The molecule has 3 N–H and O–H groups in total. The first kappa shape index (κ1) is 15.7. The summed E-state index contributed by atoms with van der Waals surface area (Å²) in [5.74, 6) is -0.421. The summed E-state index contributed by atoms with van der Waals surface area (Å²) in [4.78, 5) is 12.7. The molecule has 0 aliphatic carbocycles. The van der Waals surface area contributed by atoms with Crippen molar-refractivity contribution in [3.63, 3.8) is 0 Å². The topological polar surface area (TPSA) is 55.1 Å². The normalized spacial score (nSPS) is 10.4. The van der Waals surface area contributed by atoms with Crippen molar-refractivity contribution < 1.29 is 9.18 Å². The molecule has 2 rings (SSSR count). The van der Waals surface area contributed by atoms with Gasteiger partial charge in [-0.05, 0) is 42.8 Å². The molecule has 0 unspecified atom stereocenters. The minimum absolute atomic E-state index is 0.182. The maximum atomic E-state index is 13.2. The van der Waals surface area contributed by atoms with E-state index in [9.17, 15) is 9.18 Å². The minimum Gasteiger partial charge on any atom is -0.398 e. The minimum atomic E-state index is -0.384. The largest absolute Gasteiger partial charge is 0.398 e. The fourth-order valence-electron chi connectivity index (χ4n) is 1.71. The van der Waals surface area contributed by atoms with E-state index in [4.69, 9.17) is 17.3 Å². The lowest BCUT2D eigenvalue weighted by atomic mass is 10.2. The SMILES string of the molecule is Cc1ccc(F)cc1NC(=O)CSc1ccc(Cl)cc1N. The highest BCUT2D eigenvalue weighted by Crippen LogP contribution is 2.27. The first-order valence-electron chi connectivity index (χ1n) is 6.19. The van der Waals surface area contributed by atoms with Gasteiger partial charge in [0.25, 0.3) is 0 Å². The number of amides is 1. The number of carbonyl (C=O) groups is 1. The molecular weight excluding hydrogens is 311 g/mol. The quantitative estimate of drug-likeness (QED) is 0.657. The predicted molar refractivity (Wildman–Crippen MR) is 86.4 cm³/mol. The first-order valence-corrected chi connectivity index (χ1v) is 7.56. The third kappa shape index (κ3) is 4.37. The molecule has 0 fully saturated rings. The number of nitrogens with one attached hydrogen (secondary N) is 1. The Labute approximate surface area is 131 Å². The van der Waals surface area contributed by atoms with Crippen LogP contribution in [0.25, 0.3) is 0 Å². The van der Waals surface area contributed by atoms with Gasteiger partial charge in [0.05, 0.1) is 5.75 Å². The third-order valence-corrected chi connectivity index (χ3v) is 4.13. The summed E-state index contributed by atoms with van der Waals surface area (Å²) >= 11 is 7.12. The van der Waals surface area contributed by atoms with Gasteiger partial charge in [-0.1, -0.05) is 17.7 Å². The number of halogens is 2. The average Bonchev–Trinajstić information content (AvgIpc) is 2.42. The van der Waals surface area contributed by atoms with Crippen LogP contribution in [-0.4, -0.2) is 11.7 Å². The van der Waals surface area contributed by atoms with Crippen LogP contribution in [0.5, 0.6) is 0 Å². The van der Waals surface area contributed by atoms with E-state index in [2.05, 4.69) is 5.32 Å². The highest BCUT2D eigenvalue weighted by atomic mass is 35.5. The third-order valence-electron chi connectivity index (χ3n) is 2.80. The molecule has 0 radical (unpaired) electrons. The van der Waals surface area contributed by atoms with E-state index in [1.54, 1.807) is 31.2 Å². The summed E-state index contributed by atoms with van der Waals surface area (Å²) in [7, 11) is 0. The van der Waals surface area contributed by atoms with Crippen LogP contribution in [0.1, 0.15) is 5.56 Å². The van der Waals surface area contributed by atoms with Crippen LogP contribution in [0.3, 0.4) is 0 Å². The Kier molecular flexibility index (Phi) is 5.09. The van der Waals surface area contributed by atoms with Crippen molar-refractivity contribution in [1.29, 1.82) is 0 Å². The van der Waals surface area contributed by atoms with Crippen LogP contribution < -0.4 is 11.1 Å². The lowest BCUT2D eigenvalue weighted by Gasteiger charge is -2.09. The summed E-state index contributed by atoms with van der Waals surface area (Å²) in [5, 5.41) is 3.24. The van der Waals surface area contributed by atoms with Crippen LogP contribution in [0, 0.1) is 12.7 Å². The standard InChI is InChI=1S/C15H14ClFN2OS/c1-9-2-4-11(17)7-13(9)19-15(20)8-21-14-5-3-10(16)6-12(14)18/h2-7H,8,18H2,1H3,(H,19,20). The highest BCUT2D eigenvalue weighted by Gasteiger charge is 2.08. The van der Waals surface area contributed by atoms with Gasteiger partial charge >= 0.3 is 0 Å². The number of aryl methyl sites for hydroxylation is 1. The van der Waals surface area contributed by atoms with Gasteiger partial charge < -0.3 is 11.1 Å². The van der Waals surface area contributed by atoms with Crippen molar-refractivity contribution in [2.24, 2.45) is 0 Å². The molecule has 0 aliphatic heterocycles. The highest BCUT2D eigenvalue weighted by molar-refractivity contribution is 8.00. The van der Waals surface area contributed by atoms with Crippen molar-refractivity contribution in [3.05, 3.63) is 52.8 Å². The zero-order valence-corrected chi connectivity index (χ0v) is 12.9. The van der Waals surface area contributed by atoms with Gasteiger partial charge in [0.15, 0.2) is 0 Å². The Hall–Kier alpha value is -1.72. The van der Waals surface area contributed by atoms with Crippen molar-refractivity contribution >= 4 is 40.6 Å². The van der Waals surface area contributed by atoms with Crippen LogP contribution >= 0.6 is 23.4 Å². The summed E-state index contributed by atoms with van der Waals surface area (Å²) in [6, 6.07) is 9.40.